The van der Waals surface area contributed by atoms with E-state index in [-0.39, 0.29) is 18.7 Å². The molecular formula is C12H20N2O5. The van der Waals surface area contributed by atoms with Gasteiger partial charge in [-0.25, -0.2) is 9.59 Å². The molecule has 1 aliphatic rings. The molecule has 0 saturated carbocycles. The van der Waals surface area contributed by atoms with Crippen LogP contribution in [-0.2, 0) is 19.1 Å². The second-order valence-corrected chi connectivity index (χ2v) is 4.15. The molecule has 1 fully saturated rings. The average molecular weight is 272 g/mol. The quantitative estimate of drug-likeness (QED) is 0.589. The second kappa shape index (κ2) is 7.60. The number of rotatable bonds is 3. The molecule has 0 radical (unpaired) electrons. The fraction of sp³-hybridized carbons (Fsp3) is 0.750. The van der Waals surface area contributed by atoms with Gasteiger partial charge in [0.05, 0.1) is 13.2 Å². The van der Waals surface area contributed by atoms with E-state index in [4.69, 9.17) is 4.74 Å². The smallest absolute Gasteiger partial charge is 0.409 e. The zero-order chi connectivity index (χ0) is 14.3. The lowest BCUT2D eigenvalue weighted by molar-refractivity contribution is -0.155. The molecule has 1 heterocycles. The molecule has 7 heteroatoms. The number of carbonyl (C=O) groups is 3. The summed E-state index contributed by atoms with van der Waals surface area (Å²) >= 11 is 0. The second-order valence-electron chi connectivity index (χ2n) is 4.15. The van der Waals surface area contributed by atoms with E-state index in [0.29, 0.717) is 32.5 Å². The summed E-state index contributed by atoms with van der Waals surface area (Å²) in [5.74, 6) is -1.59. The molecule has 0 unspecified atom stereocenters. The normalized spacial score (nSPS) is 15.8. The predicted molar refractivity (Wildman–Crippen MR) is 66.4 cm³/mol. The van der Waals surface area contributed by atoms with Crippen LogP contribution in [0.2, 0.25) is 0 Å². The van der Waals surface area contributed by atoms with Gasteiger partial charge >= 0.3 is 18.0 Å². The topological polar surface area (TPSA) is 84.9 Å². The van der Waals surface area contributed by atoms with E-state index in [9.17, 15) is 14.4 Å². The van der Waals surface area contributed by atoms with Gasteiger partial charge in [0.1, 0.15) is 0 Å². The summed E-state index contributed by atoms with van der Waals surface area (Å²) in [4.78, 5) is 35.6. The minimum Gasteiger partial charge on any atom is -0.459 e. The summed E-state index contributed by atoms with van der Waals surface area (Å²) in [5, 5.41) is 2.60. The van der Waals surface area contributed by atoms with Crippen molar-refractivity contribution in [2.75, 3.05) is 26.3 Å². The van der Waals surface area contributed by atoms with Crippen LogP contribution in [0.15, 0.2) is 0 Å². The highest BCUT2D eigenvalue weighted by molar-refractivity contribution is 6.32. The molecule has 0 aliphatic carbocycles. The highest BCUT2D eigenvalue weighted by Crippen LogP contribution is 2.11. The Morgan fingerprint density at radius 2 is 1.68 bits per heavy atom. The van der Waals surface area contributed by atoms with E-state index in [1.807, 2.05) is 0 Å². The first-order valence-electron chi connectivity index (χ1n) is 6.47. The fourth-order valence-corrected chi connectivity index (χ4v) is 1.86. The maximum absolute atomic E-state index is 11.5. The summed E-state index contributed by atoms with van der Waals surface area (Å²) in [6.45, 7) is 4.93. The Morgan fingerprint density at radius 3 is 2.21 bits per heavy atom. The van der Waals surface area contributed by atoms with E-state index < -0.39 is 11.9 Å². The van der Waals surface area contributed by atoms with Crippen molar-refractivity contribution in [2.24, 2.45) is 0 Å². The van der Waals surface area contributed by atoms with E-state index in [1.54, 1.807) is 18.7 Å². The van der Waals surface area contributed by atoms with Gasteiger partial charge < -0.3 is 19.7 Å². The number of hydrogen-bond acceptors (Lipinski definition) is 5. The molecule has 1 saturated heterocycles. The van der Waals surface area contributed by atoms with E-state index >= 15 is 0 Å². The molecule has 19 heavy (non-hydrogen) atoms. The van der Waals surface area contributed by atoms with Gasteiger partial charge in [0.15, 0.2) is 0 Å². The lowest BCUT2D eigenvalue weighted by Crippen LogP contribution is -2.48. The lowest BCUT2D eigenvalue weighted by Gasteiger charge is -2.31. The first-order chi connectivity index (χ1) is 9.08. The number of likely N-dealkylation sites (tertiary alicyclic amines) is 1. The van der Waals surface area contributed by atoms with Crippen LogP contribution >= 0.6 is 0 Å². The van der Waals surface area contributed by atoms with Crippen molar-refractivity contribution in [3.63, 3.8) is 0 Å². The van der Waals surface area contributed by atoms with Gasteiger partial charge in [-0.05, 0) is 26.7 Å². The van der Waals surface area contributed by atoms with Crippen LogP contribution in [0.3, 0.4) is 0 Å². The molecule has 7 nitrogen and oxygen atoms in total. The third-order valence-electron chi connectivity index (χ3n) is 2.82. The van der Waals surface area contributed by atoms with Crippen LogP contribution in [0, 0.1) is 0 Å². The first kappa shape index (κ1) is 15.3. The molecule has 0 aromatic carbocycles. The SMILES string of the molecule is CCOC(=O)C(=O)NC1CCN(C(=O)OCC)CC1. The first-order valence-corrected chi connectivity index (χ1v) is 6.47. The van der Waals surface area contributed by atoms with Gasteiger partial charge in [-0.15, -0.1) is 0 Å². The standard InChI is InChI=1S/C12H20N2O5/c1-3-18-11(16)10(15)13-9-5-7-14(8-6-9)12(17)19-4-2/h9H,3-8H2,1-2H3,(H,13,15). The summed E-state index contributed by atoms with van der Waals surface area (Å²) in [6.07, 6.45) is 0.867. The Kier molecular flexibility index (Phi) is 6.11. The molecule has 108 valence electrons. The number of amides is 2. The van der Waals surface area contributed by atoms with Gasteiger partial charge in [-0.2, -0.15) is 0 Å². The number of carbonyl (C=O) groups excluding carboxylic acids is 3. The van der Waals surface area contributed by atoms with Crippen molar-refractivity contribution in [2.45, 2.75) is 32.7 Å². The Hall–Kier alpha value is -1.79. The van der Waals surface area contributed by atoms with Crippen LogP contribution in [0.5, 0.6) is 0 Å². The van der Waals surface area contributed by atoms with Crippen molar-refractivity contribution in [3.8, 4) is 0 Å². The molecular weight excluding hydrogens is 252 g/mol. The summed E-state index contributed by atoms with van der Waals surface area (Å²) < 4.78 is 9.49. The molecule has 1 N–H and O–H groups in total. The van der Waals surface area contributed by atoms with Crippen molar-refractivity contribution in [3.05, 3.63) is 0 Å². The lowest BCUT2D eigenvalue weighted by atomic mass is 10.1. The third kappa shape index (κ3) is 4.76. The van der Waals surface area contributed by atoms with Gasteiger partial charge in [0.2, 0.25) is 0 Å². The largest absolute Gasteiger partial charge is 0.459 e. The summed E-state index contributed by atoms with van der Waals surface area (Å²) in [7, 11) is 0. The Balaban J connectivity index is 2.32. The summed E-state index contributed by atoms with van der Waals surface area (Å²) in [5.41, 5.74) is 0. The minimum atomic E-state index is -0.865. The molecule has 1 rings (SSSR count). The number of hydrogen-bond donors (Lipinski definition) is 1. The average Bonchev–Trinajstić information content (AvgIpc) is 2.40. The van der Waals surface area contributed by atoms with Crippen molar-refractivity contribution < 1.29 is 23.9 Å². The molecule has 1 aliphatic heterocycles. The highest BCUT2D eigenvalue weighted by atomic mass is 16.6. The highest BCUT2D eigenvalue weighted by Gasteiger charge is 2.26. The Labute approximate surface area is 112 Å². The fourth-order valence-electron chi connectivity index (χ4n) is 1.86. The number of nitrogens with zero attached hydrogens (tertiary/aromatic N) is 1. The van der Waals surface area contributed by atoms with Gasteiger partial charge in [0, 0.05) is 19.1 Å². The van der Waals surface area contributed by atoms with Crippen LogP contribution in [-0.4, -0.2) is 55.2 Å². The third-order valence-corrected chi connectivity index (χ3v) is 2.82. The predicted octanol–water partition coefficient (Wildman–Crippen LogP) is 0.287. The molecule has 0 aromatic rings. The maximum atomic E-state index is 11.5. The van der Waals surface area contributed by atoms with E-state index in [1.165, 1.54) is 0 Å². The molecule has 0 spiro atoms. The number of nitrogens with one attached hydrogen (secondary N) is 1. The monoisotopic (exact) mass is 272 g/mol. The maximum Gasteiger partial charge on any atom is 0.409 e. The number of esters is 1. The number of ether oxygens (including phenoxy) is 2. The zero-order valence-corrected chi connectivity index (χ0v) is 11.3. The van der Waals surface area contributed by atoms with Crippen LogP contribution in [0.25, 0.3) is 0 Å². The Morgan fingerprint density at radius 1 is 1.11 bits per heavy atom. The molecule has 0 aromatic heterocycles. The van der Waals surface area contributed by atoms with Gasteiger partial charge in [0.25, 0.3) is 0 Å². The minimum absolute atomic E-state index is 0.109. The van der Waals surface area contributed by atoms with Gasteiger partial charge in [-0.3, -0.25) is 4.79 Å². The molecule has 2 amide bonds. The van der Waals surface area contributed by atoms with Crippen molar-refractivity contribution in [1.29, 1.82) is 0 Å². The van der Waals surface area contributed by atoms with Crippen LogP contribution < -0.4 is 5.32 Å². The van der Waals surface area contributed by atoms with E-state index in [0.717, 1.165) is 0 Å². The summed E-state index contributed by atoms with van der Waals surface area (Å²) in [6, 6.07) is -0.109. The van der Waals surface area contributed by atoms with Gasteiger partial charge in [-0.1, -0.05) is 0 Å². The molecule has 0 atom stereocenters. The van der Waals surface area contributed by atoms with Crippen molar-refractivity contribution in [1.82, 2.24) is 10.2 Å². The molecule has 0 bridgehead atoms. The van der Waals surface area contributed by atoms with E-state index in [2.05, 4.69) is 10.1 Å². The zero-order valence-electron chi connectivity index (χ0n) is 11.3. The Bertz CT molecular complexity index is 337. The number of piperidine rings is 1. The van der Waals surface area contributed by atoms with Crippen LogP contribution in [0.4, 0.5) is 4.79 Å². The van der Waals surface area contributed by atoms with Crippen LogP contribution in [0.1, 0.15) is 26.7 Å². The van der Waals surface area contributed by atoms with Crippen molar-refractivity contribution >= 4 is 18.0 Å².